The Balaban J connectivity index is 1.25. The Labute approximate surface area is 187 Å². The van der Waals surface area contributed by atoms with Crippen LogP contribution in [0.25, 0.3) is 0 Å². The van der Waals surface area contributed by atoms with E-state index < -0.39 is 10.1 Å². The highest BCUT2D eigenvalue weighted by Gasteiger charge is 2.67. The molecule has 1 aromatic rings. The highest BCUT2D eigenvalue weighted by molar-refractivity contribution is 7.86. The van der Waals surface area contributed by atoms with E-state index in [2.05, 4.69) is 12.1 Å². The molecule has 8 aliphatic carbocycles. The van der Waals surface area contributed by atoms with Gasteiger partial charge in [-0.15, -0.1) is 0 Å². The lowest BCUT2D eigenvalue weighted by atomic mass is 9.32. The summed E-state index contributed by atoms with van der Waals surface area (Å²) < 4.78 is 28.2. The van der Waals surface area contributed by atoms with Crippen LogP contribution in [-0.2, 0) is 15.5 Å². The molecule has 4 heteroatoms. The molecule has 0 N–H and O–H groups in total. The SMILES string of the molecule is CS(=O)(=O)Oc1ccc(C23CC4CC(C2)CC(C25CC6CC(CC(C6)C2)C5)(C4)C3)cc1. The smallest absolute Gasteiger partial charge is 0.306 e. The van der Waals surface area contributed by atoms with Gasteiger partial charge >= 0.3 is 10.1 Å². The summed E-state index contributed by atoms with van der Waals surface area (Å²) in [5.74, 6) is 5.35. The van der Waals surface area contributed by atoms with Gasteiger partial charge in [0, 0.05) is 0 Å². The van der Waals surface area contributed by atoms with Crippen molar-refractivity contribution in [1.82, 2.24) is 0 Å². The normalized spacial score (nSPS) is 49.5. The molecule has 0 spiro atoms. The van der Waals surface area contributed by atoms with Crippen LogP contribution in [0.15, 0.2) is 24.3 Å². The van der Waals surface area contributed by atoms with Crippen LogP contribution in [0.4, 0.5) is 0 Å². The molecule has 0 heterocycles. The molecule has 0 saturated heterocycles. The molecule has 0 radical (unpaired) electrons. The largest absolute Gasteiger partial charge is 0.383 e. The summed E-state index contributed by atoms with van der Waals surface area (Å²) in [7, 11) is -3.47. The Morgan fingerprint density at radius 1 is 0.710 bits per heavy atom. The maximum absolute atomic E-state index is 11.5. The average Bonchev–Trinajstić information content (AvgIpc) is 2.65. The van der Waals surface area contributed by atoms with Gasteiger partial charge in [0.1, 0.15) is 5.75 Å². The molecule has 8 aliphatic rings. The average molecular weight is 441 g/mol. The minimum Gasteiger partial charge on any atom is -0.383 e. The maximum Gasteiger partial charge on any atom is 0.306 e. The van der Waals surface area contributed by atoms with Gasteiger partial charge in [0.2, 0.25) is 0 Å². The molecule has 0 aromatic heterocycles. The summed E-state index contributed by atoms with van der Waals surface area (Å²) in [6, 6.07) is 8.18. The molecule has 8 fully saturated rings. The van der Waals surface area contributed by atoms with Crippen LogP contribution in [0.3, 0.4) is 0 Å². The van der Waals surface area contributed by atoms with Crippen molar-refractivity contribution in [1.29, 1.82) is 0 Å². The van der Waals surface area contributed by atoms with Crippen LogP contribution in [-0.4, -0.2) is 14.7 Å². The van der Waals surface area contributed by atoms with Crippen molar-refractivity contribution in [2.75, 3.05) is 6.26 Å². The Morgan fingerprint density at radius 3 is 1.71 bits per heavy atom. The second-order valence-corrected chi connectivity index (χ2v) is 14.6. The molecule has 31 heavy (non-hydrogen) atoms. The summed E-state index contributed by atoms with van der Waals surface area (Å²) in [6.07, 6.45) is 18.9. The topological polar surface area (TPSA) is 43.4 Å². The van der Waals surface area contributed by atoms with E-state index in [9.17, 15) is 8.42 Å². The second kappa shape index (κ2) is 6.10. The molecule has 9 rings (SSSR count). The van der Waals surface area contributed by atoms with E-state index in [0.29, 0.717) is 22.0 Å². The zero-order valence-corrected chi connectivity index (χ0v) is 19.6. The van der Waals surface area contributed by atoms with Crippen LogP contribution in [0.1, 0.15) is 82.6 Å². The predicted octanol–water partition coefficient (Wildman–Crippen LogP) is 6.08. The van der Waals surface area contributed by atoms with Crippen molar-refractivity contribution in [2.24, 2.45) is 40.4 Å². The zero-order valence-electron chi connectivity index (χ0n) is 18.8. The molecule has 2 unspecified atom stereocenters. The molecule has 1 aromatic carbocycles. The van der Waals surface area contributed by atoms with Gasteiger partial charge in [-0.1, -0.05) is 12.1 Å². The Bertz CT molecular complexity index is 958. The van der Waals surface area contributed by atoms with Crippen LogP contribution in [0.5, 0.6) is 5.75 Å². The first kappa shape index (κ1) is 19.4. The van der Waals surface area contributed by atoms with Crippen LogP contribution < -0.4 is 4.18 Å². The molecule has 8 saturated carbocycles. The number of rotatable bonds is 4. The molecule has 3 nitrogen and oxygen atoms in total. The summed E-state index contributed by atoms with van der Waals surface area (Å²) in [5.41, 5.74) is 2.99. The zero-order chi connectivity index (χ0) is 21.1. The molecular weight excluding hydrogens is 404 g/mol. The van der Waals surface area contributed by atoms with Gasteiger partial charge in [0.05, 0.1) is 6.26 Å². The van der Waals surface area contributed by atoms with Crippen molar-refractivity contribution >= 4 is 10.1 Å². The predicted molar refractivity (Wildman–Crippen MR) is 121 cm³/mol. The van der Waals surface area contributed by atoms with Crippen molar-refractivity contribution in [3.8, 4) is 5.75 Å². The molecular formula is C27H36O3S. The number of benzene rings is 1. The third kappa shape index (κ3) is 2.85. The van der Waals surface area contributed by atoms with E-state index in [-0.39, 0.29) is 0 Å². The first-order valence-electron chi connectivity index (χ1n) is 12.7. The first-order chi connectivity index (χ1) is 14.7. The minimum atomic E-state index is -3.47. The molecule has 0 amide bonds. The second-order valence-electron chi connectivity index (χ2n) is 13.0. The van der Waals surface area contributed by atoms with Gasteiger partial charge in [0.25, 0.3) is 0 Å². The van der Waals surface area contributed by atoms with Crippen LogP contribution in [0, 0.1) is 40.4 Å². The highest BCUT2D eigenvalue weighted by atomic mass is 32.2. The van der Waals surface area contributed by atoms with E-state index >= 15 is 0 Å². The van der Waals surface area contributed by atoms with Gasteiger partial charge in [-0.3, -0.25) is 0 Å². The summed E-state index contributed by atoms with van der Waals surface area (Å²) in [6.45, 7) is 0. The van der Waals surface area contributed by atoms with Gasteiger partial charge in [-0.25, -0.2) is 0 Å². The lowest BCUT2D eigenvalue weighted by molar-refractivity contribution is -0.205. The Hall–Kier alpha value is -1.03. The monoisotopic (exact) mass is 440 g/mol. The fraction of sp³-hybridized carbons (Fsp3) is 0.778. The standard InChI is InChI=1S/C27H36O3S/c1-31(28,29)30-24-4-2-23(3-5-24)25-10-21-9-22(11-25)16-27(15-21,17-25)26-12-18-6-19(13-26)8-20(7-18)14-26/h2-5,18-22H,6-17H2,1H3. The van der Waals surface area contributed by atoms with Gasteiger partial charge in [-0.05, 0) is 141 Å². The van der Waals surface area contributed by atoms with Crippen LogP contribution >= 0.6 is 0 Å². The van der Waals surface area contributed by atoms with Crippen molar-refractivity contribution < 1.29 is 12.6 Å². The Morgan fingerprint density at radius 2 is 1.19 bits per heavy atom. The molecule has 0 aliphatic heterocycles. The molecule has 8 bridgehead atoms. The first-order valence-corrected chi connectivity index (χ1v) is 14.6. The summed E-state index contributed by atoms with van der Waals surface area (Å²) >= 11 is 0. The quantitative estimate of drug-likeness (QED) is 0.533. The van der Waals surface area contributed by atoms with Gasteiger partial charge in [-0.2, -0.15) is 8.42 Å². The minimum absolute atomic E-state index is 0.317. The summed E-state index contributed by atoms with van der Waals surface area (Å²) in [5, 5.41) is 0. The Kier molecular flexibility index (Phi) is 3.82. The third-order valence-corrected chi connectivity index (χ3v) is 11.4. The van der Waals surface area contributed by atoms with Crippen LogP contribution in [0.2, 0.25) is 0 Å². The third-order valence-electron chi connectivity index (χ3n) is 10.9. The van der Waals surface area contributed by atoms with E-state index in [0.717, 1.165) is 35.8 Å². The van der Waals surface area contributed by atoms with Crippen molar-refractivity contribution in [3.63, 3.8) is 0 Å². The van der Waals surface area contributed by atoms with E-state index in [1.807, 2.05) is 12.1 Å². The van der Waals surface area contributed by atoms with Gasteiger partial charge in [0.15, 0.2) is 0 Å². The maximum atomic E-state index is 11.5. The van der Waals surface area contributed by atoms with Gasteiger partial charge < -0.3 is 4.18 Å². The number of hydrogen-bond acceptors (Lipinski definition) is 3. The van der Waals surface area contributed by atoms with E-state index in [1.54, 1.807) is 0 Å². The lowest BCUT2D eigenvalue weighted by Gasteiger charge is -2.72. The number of hydrogen-bond donors (Lipinski definition) is 0. The highest BCUT2D eigenvalue weighted by Crippen LogP contribution is 2.77. The van der Waals surface area contributed by atoms with Crippen molar-refractivity contribution in [2.45, 2.75) is 82.5 Å². The fourth-order valence-corrected chi connectivity index (χ4v) is 11.5. The van der Waals surface area contributed by atoms with Crippen molar-refractivity contribution in [3.05, 3.63) is 29.8 Å². The molecule has 168 valence electrons. The van der Waals surface area contributed by atoms with E-state index in [1.165, 1.54) is 82.6 Å². The fourth-order valence-electron chi connectivity index (χ4n) is 11.0. The molecule has 2 atom stereocenters. The lowest BCUT2D eigenvalue weighted by Crippen LogP contribution is -2.63. The summed E-state index contributed by atoms with van der Waals surface area (Å²) in [4.78, 5) is 0. The van der Waals surface area contributed by atoms with E-state index in [4.69, 9.17) is 4.18 Å².